The smallest absolute Gasteiger partial charge is 0.372 e. The van der Waals surface area contributed by atoms with Crippen LogP contribution in [0.3, 0.4) is 0 Å². The Morgan fingerprint density at radius 2 is 2.05 bits per heavy atom. The molecule has 0 unspecified atom stereocenters. The van der Waals surface area contributed by atoms with Gasteiger partial charge in [0.25, 0.3) is 0 Å². The average Bonchev–Trinajstić information content (AvgIpc) is 2.81. The van der Waals surface area contributed by atoms with Gasteiger partial charge in [0.15, 0.2) is 0 Å². The van der Waals surface area contributed by atoms with Gasteiger partial charge in [0.1, 0.15) is 0 Å². The van der Waals surface area contributed by atoms with Gasteiger partial charge in [0.05, 0.1) is 11.2 Å². The van der Waals surface area contributed by atoms with E-state index in [9.17, 15) is 9.90 Å². The van der Waals surface area contributed by atoms with Crippen LogP contribution in [0.1, 0.15) is 21.9 Å². The van der Waals surface area contributed by atoms with Gasteiger partial charge in [-0.05, 0) is 29.8 Å². The first-order chi connectivity index (χ1) is 10.1. The van der Waals surface area contributed by atoms with Crippen LogP contribution in [0.4, 0.5) is 0 Å². The molecular weight excluding hydrogens is 311 g/mol. The van der Waals surface area contributed by atoms with Crippen molar-refractivity contribution in [3.05, 3.63) is 69.7 Å². The molecule has 0 amide bonds. The first-order valence-electron chi connectivity index (χ1n) is 6.19. The van der Waals surface area contributed by atoms with Crippen LogP contribution in [0, 0.1) is 0 Å². The Morgan fingerprint density at radius 3 is 2.76 bits per heavy atom. The Bertz CT molecular complexity index is 843. The summed E-state index contributed by atoms with van der Waals surface area (Å²) in [5.74, 6) is -1.07. The van der Waals surface area contributed by atoms with E-state index in [0.29, 0.717) is 22.2 Å². The summed E-state index contributed by atoms with van der Waals surface area (Å²) in [6.07, 6.45) is 2.12. The molecule has 21 heavy (non-hydrogen) atoms. The number of benzene rings is 1. The fraction of sp³-hybridized carbons (Fsp3) is 0.0667. The predicted molar refractivity (Wildman–Crippen MR) is 81.4 cm³/mol. The molecule has 1 N–H and O–H groups in total. The molecule has 2 heterocycles. The topological polar surface area (TPSA) is 54.6 Å². The van der Waals surface area contributed by atoms with Gasteiger partial charge in [0, 0.05) is 22.7 Å². The minimum Gasteiger partial charge on any atom is -0.475 e. The third-order valence-corrected chi connectivity index (χ3v) is 3.78. The Balaban J connectivity index is 2.10. The molecule has 0 saturated carbocycles. The van der Waals surface area contributed by atoms with Crippen molar-refractivity contribution in [2.75, 3.05) is 0 Å². The third-order valence-electron chi connectivity index (χ3n) is 3.19. The van der Waals surface area contributed by atoms with Gasteiger partial charge in [-0.2, -0.15) is 0 Å². The Morgan fingerprint density at radius 1 is 1.24 bits per heavy atom. The molecule has 0 aliphatic heterocycles. The van der Waals surface area contributed by atoms with Crippen molar-refractivity contribution in [1.29, 1.82) is 0 Å². The van der Waals surface area contributed by atoms with Crippen LogP contribution in [0.15, 0.2) is 42.6 Å². The van der Waals surface area contributed by atoms with Gasteiger partial charge in [-0.15, -0.1) is 0 Å². The first kappa shape index (κ1) is 13.9. The number of hydrogen-bond donors (Lipinski definition) is 1. The molecule has 3 aromatic rings. The normalized spacial score (nSPS) is 11.0. The third kappa shape index (κ3) is 2.60. The summed E-state index contributed by atoms with van der Waals surface area (Å²) in [5, 5.41) is 10.3. The molecular formula is C15H10Cl2N2O2. The lowest BCUT2D eigenvalue weighted by Gasteiger charge is -2.03. The highest BCUT2D eigenvalue weighted by atomic mass is 35.5. The Hall–Kier alpha value is -2.04. The van der Waals surface area contributed by atoms with E-state index >= 15 is 0 Å². The monoisotopic (exact) mass is 320 g/mol. The van der Waals surface area contributed by atoms with Crippen molar-refractivity contribution in [3.63, 3.8) is 0 Å². The second kappa shape index (κ2) is 5.39. The summed E-state index contributed by atoms with van der Waals surface area (Å²) in [7, 11) is 0. The van der Waals surface area contributed by atoms with Crippen molar-refractivity contribution in [3.8, 4) is 0 Å². The van der Waals surface area contributed by atoms with Crippen LogP contribution in [0.25, 0.3) is 5.52 Å². The molecule has 0 atom stereocenters. The molecule has 0 aliphatic rings. The lowest BCUT2D eigenvalue weighted by molar-refractivity contribution is 0.0682. The van der Waals surface area contributed by atoms with Gasteiger partial charge < -0.3 is 5.11 Å². The molecule has 1 aromatic carbocycles. The number of pyridine rings is 1. The molecule has 0 bridgehead atoms. The highest BCUT2D eigenvalue weighted by Crippen LogP contribution is 2.25. The van der Waals surface area contributed by atoms with Crippen LogP contribution < -0.4 is 0 Å². The molecule has 6 heteroatoms. The highest BCUT2D eigenvalue weighted by Gasteiger charge is 2.16. The maximum Gasteiger partial charge on any atom is 0.372 e. The fourth-order valence-electron chi connectivity index (χ4n) is 2.23. The van der Waals surface area contributed by atoms with E-state index < -0.39 is 5.97 Å². The average molecular weight is 321 g/mol. The van der Waals surface area contributed by atoms with Gasteiger partial charge in [-0.25, -0.2) is 9.78 Å². The Labute approximate surface area is 130 Å². The number of aromatic carboxylic acids is 1. The quantitative estimate of drug-likeness (QED) is 0.795. The minimum atomic E-state index is -1.07. The van der Waals surface area contributed by atoms with Crippen molar-refractivity contribution in [1.82, 2.24) is 9.38 Å². The number of carbonyl (C=O) groups is 1. The van der Waals surface area contributed by atoms with Crippen molar-refractivity contribution < 1.29 is 9.90 Å². The minimum absolute atomic E-state index is 0.00862. The van der Waals surface area contributed by atoms with E-state index in [1.165, 1.54) is 0 Å². The number of hydrogen-bond acceptors (Lipinski definition) is 2. The van der Waals surface area contributed by atoms with Crippen molar-refractivity contribution in [2.24, 2.45) is 0 Å². The van der Waals surface area contributed by atoms with E-state index in [4.69, 9.17) is 23.2 Å². The molecule has 0 radical (unpaired) electrons. The lowest BCUT2D eigenvalue weighted by Crippen LogP contribution is -2.03. The van der Waals surface area contributed by atoms with Crippen LogP contribution in [-0.2, 0) is 6.42 Å². The first-order valence-corrected chi connectivity index (χ1v) is 6.95. The van der Waals surface area contributed by atoms with E-state index in [1.807, 2.05) is 18.2 Å². The fourth-order valence-corrected chi connectivity index (χ4v) is 2.70. The maximum absolute atomic E-state index is 11.3. The summed E-state index contributed by atoms with van der Waals surface area (Å²) in [6.45, 7) is 0. The summed E-state index contributed by atoms with van der Waals surface area (Å²) in [6, 6.07) is 10.7. The molecule has 0 fully saturated rings. The van der Waals surface area contributed by atoms with Crippen LogP contribution >= 0.6 is 23.2 Å². The molecule has 0 saturated heterocycles. The van der Waals surface area contributed by atoms with Crippen LogP contribution in [-0.4, -0.2) is 20.5 Å². The number of carboxylic acid groups (broad SMARTS) is 1. The predicted octanol–water partition coefficient (Wildman–Crippen LogP) is 3.93. The zero-order chi connectivity index (χ0) is 15.0. The number of fused-ring (bicyclic) bond motifs is 1. The van der Waals surface area contributed by atoms with Gasteiger partial charge in [-0.1, -0.05) is 35.3 Å². The summed E-state index contributed by atoms with van der Waals surface area (Å²) >= 11 is 12.0. The SMILES string of the molecule is O=C(O)c1nc(Cc2ccc(Cl)cc2Cl)c2ccccn12. The number of aromatic nitrogens is 2. The largest absolute Gasteiger partial charge is 0.475 e. The maximum atomic E-state index is 11.3. The van der Waals surface area contributed by atoms with E-state index in [1.54, 1.807) is 28.8 Å². The number of carboxylic acids is 1. The summed E-state index contributed by atoms with van der Waals surface area (Å²) in [5.41, 5.74) is 2.26. The molecule has 0 spiro atoms. The number of halogens is 2. The van der Waals surface area contributed by atoms with Crippen molar-refractivity contribution >= 4 is 34.7 Å². The number of nitrogens with zero attached hydrogens (tertiary/aromatic N) is 2. The second-order valence-corrected chi connectivity index (χ2v) is 5.40. The summed E-state index contributed by atoms with van der Waals surface area (Å²) < 4.78 is 1.56. The highest BCUT2D eigenvalue weighted by molar-refractivity contribution is 6.35. The standard InChI is InChI=1S/C15H10Cl2N2O2/c16-10-5-4-9(11(17)8-10)7-12-13-3-1-2-6-19(13)14(18-12)15(20)21/h1-6,8H,7H2,(H,20,21). The van der Waals surface area contributed by atoms with E-state index in [0.717, 1.165) is 11.1 Å². The number of imidazole rings is 1. The Kier molecular flexibility index (Phi) is 3.57. The summed E-state index contributed by atoms with van der Waals surface area (Å²) in [4.78, 5) is 15.5. The molecule has 3 rings (SSSR count). The lowest BCUT2D eigenvalue weighted by atomic mass is 10.1. The van der Waals surface area contributed by atoms with Gasteiger partial charge in [0.2, 0.25) is 5.82 Å². The van der Waals surface area contributed by atoms with Gasteiger partial charge in [-0.3, -0.25) is 4.40 Å². The van der Waals surface area contributed by atoms with Gasteiger partial charge >= 0.3 is 5.97 Å². The zero-order valence-electron chi connectivity index (χ0n) is 10.8. The molecule has 0 aliphatic carbocycles. The zero-order valence-corrected chi connectivity index (χ0v) is 12.3. The van der Waals surface area contributed by atoms with E-state index in [-0.39, 0.29) is 5.82 Å². The molecule has 106 valence electrons. The van der Waals surface area contributed by atoms with Crippen LogP contribution in [0.5, 0.6) is 0 Å². The number of rotatable bonds is 3. The van der Waals surface area contributed by atoms with Crippen molar-refractivity contribution in [2.45, 2.75) is 6.42 Å². The molecule has 2 aromatic heterocycles. The van der Waals surface area contributed by atoms with Crippen LogP contribution in [0.2, 0.25) is 10.0 Å². The molecule has 4 nitrogen and oxygen atoms in total. The van der Waals surface area contributed by atoms with E-state index in [2.05, 4.69) is 4.98 Å². The second-order valence-electron chi connectivity index (χ2n) is 4.56.